The Hall–Kier alpha value is -0.350. The Labute approximate surface area is 191 Å². The van der Waals surface area contributed by atoms with Crippen molar-refractivity contribution >= 4 is 25.3 Å². The van der Waals surface area contributed by atoms with Gasteiger partial charge in [-0.15, -0.1) is 0 Å². The topological polar surface area (TPSA) is 22.1 Å². The molecule has 0 saturated carbocycles. The van der Waals surface area contributed by atoms with E-state index in [0.717, 1.165) is 30.2 Å². The highest BCUT2D eigenvalue weighted by atomic mass is 32.1. The third-order valence-electron chi connectivity index (χ3n) is 5.50. The van der Waals surface area contributed by atoms with E-state index >= 15 is 0 Å². The van der Waals surface area contributed by atoms with Gasteiger partial charge in [-0.2, -0.15) is 25.3 Å². The predicted octanol–water partition coefficient (Wildman–Crippen LogP) is 8.58. The Balaban J connectivity index is 1.86. The van der Waals surface area contributed by atoms with Crippen molar-refractivity contribution in [3.63, 3.8) is 0 Å². The zero-order valence-corrected chi connectivity index (χ0v) is 20.6. The molecule has 0 aliphatic rings. The van der Waals surface area contributed by atoms with Crippen LogP contribution in [0.15, 0.2) is 12.1 Å². The normalized spacial score (nSPS) is 11.1. The molecule has 0 bridgehead atoms. The number of thiol groups is 2. The zero-order chi connectivity index (χ0) is 21.0. The molecule has 0 aromatic carbocycles. The summed E-state index contributed by atoms with van der Waals surface area (Å²) in [5, 5.41) is 0. The Kier molecular flexibility index (Phi) is 18.0. The van der Waals surface area contributed by atoms with Gasteiger partial charge < -0.3 is 4.74 Å². The minimum Gasteiger partial charge on any atom is -0.493 e. The molecule has 0 saturated heterocycles. The van der Waals surface area contributed by atoms with Gasteiger partial charge in [0.15, 0.2) is 0 Å². The molecule has 0 aliphatic heterocycles. The first-order chi connectivity index (χ1) is 14.3. The van der Waals surface area contributed by atoms with Crippen LogP contribution >= 0.6 is 25.3 Å². The first-order valence-corrected chi connectivity index (χ1v) is 13.4. The van der Waals surface area contributed by atoms with E-state index in [0.29, 0.717) is 11.5 Å². The van der Waals surface area contributed by atoms with E-state index in [2.05, 4.69) is 37.2 Å². The van der Waals surface area contributed by atoms with Gasteiger partial charge in [0.2, 0.25) is 0 Å². The SMILES string of the molecule is CCCCCCCCCCCCCCCCCCOc1cc(CS)nc(CS)c1. The number of ether oxygens (including phenoxy) is 1. The molecule has 0 unspecified atom stereocenters. The van der Waals surface area contributed by atoms with Crippen LogP contribution in [0.25, 0.3) is 0 Å². The molecule has 2 nitrogen and oxygen atoms in total. The lowest BCUT2D eigenvalue weighted by atomic mass is 10.0. The Morgan fingerprint density at radius 2 is 1.00 bits per heavy atom. The average Bonchev–Trinajstić information content (AvgIpc) is 2.75. The van der Waals surface area contributed by atoms with E-state index in [1.807, 2.05) is 12.1 Å². The number of pyridine rings is 1. The highest BCUT2D eigenvalue weighted by molar-refractivity contribution is 7.79. The van der Waals surface area contributed by atoms with Crippen LogP contribution in [0, 0.1) is 0 Å². The summed E-state index contributed by atoms with van der Waals surface area (Å²) in [5.41, 5.74) is 1.92. The van der Waals surface area contributed by atoms with Crippen molar-refractivity contribution in [2.45, 2.75) is 121 Å². The van der Waals surface area contributed by atoms with Crippen molar-refractivity contribution in [3.05, 3.63) is 23.5 Å². The van der Waals surface area contributed by atoms with Crippen LogP contribution in [0.3, 0.4) is 0 Å². The van der Waals surface area contributed by atoms with Gasteiger partial charge in [0, 0.05) is 23.6 Å². The van der Waals surface area contributed by atoms with Gasteiger partial charge in [0.1, 0.15) is 5.75 Å². The molecule has 0 radical (unpaired) electrons. The number of aromatic nitrogens is 1. The quantitative estimate of drug-likeness (QED) is 0.157. The lowest BCUT2D eigenvalue weighted by Gasteiger charge is -2.09. The molecule has 4 heteroatoms. The van der Waals surface area contributed by atoms with Crippen LogP contribution in [-0.2, 0) is 11.5 Å². The van der Waals surface area contributed by atoms with Crippen LogP contribution in [-0.4, -0.2) is 11.6 Å². The molecule has 1 rings (SSSR count). The Bertz CT molecular complexity index is 473. The number of nitrogens with zero attached hydrogens (tertiary/aromatic N) is 1. The summed E-state index contributed by atoms with van der Waals surface area (Å²) in [6.45, 7) is 3.08. The van der Waals surface area contributed by atoms with E-state index in [1.165, 1.54) is 96.3 Å². The Morgan fingerprint density at radius 3 is 1.38 bits per heavy atom. The van der Waals surface area contributed by atoms with Crippen LogP contribution in [0.5, 0.6) is 5.75 Å². The van der Waals surface area contributed by atoms with Gasteiger partial charge in [-0.1, -0.05) is 103 Å². The van der Waals surface area contributed by atoms with Gasteiger partial charge in [-0.25, -0.2) is 0 Å². The second kappa shape index (κ2) is 19.6. The molecule has 1 aromatic rings. The average molecular weight is 440 g/mol. The van der Waals surface area contributed by atoms with E-state index in [1.54, 1.807) is 0 Å². The van der Waals surface area contributed by atoms with Gasteiger partial charge >= 0.3 is 0 Å². The summed E-state index contributed by atoms with van der Waals surface area (Å²) in [5.74, 6) is 2.18. The monoisotopic (exact) mass is 439 g/mol. The number of hydrogen-bond donors (Lipinski definition) is 2. The molecular formula is C25H45NOS2. The second-order valence-corrected chi connectivity index (χ2v) is 8.89. The maximum atomic E-state index is 5.90. The summed E-state index contributed by atoms with van der Waals surface area (Å²) in [7, 11) is 0. The third-order valence-corrected chi connectivity index (χ3v) is 6.14. The minimum atomic E-state index is 0.636. The molecule has 0 aliphatic carbocycles. The number of unbranched alkanes of at least 4 members (excludes halogenated alkanes) is 15. The predicted molar refractivity (Wildman–Crippen MR) is 135 cm³/mol. The number of hydrogen-bond acceptors (Lipinski definition) is 4. The fraction of sp³-hybridized carbons (Fsp3) is 0.800. The first kappa shape index (κ1) is 26.7. The Morgan fingerprint density at radius 1 is 0.621 bits per heavy atom. The van der Waals surface area contributed by atoms with Gasteiger partial charge in [-0.05, 0) is 6.42 Å². The maximum Gasteiger partial charge on any atom is 0.122 e. The van der Waals surface area contributed by atoms with E-state index in [-0.39, 0.29) is 0 Å². The van der Waals surface area contributed by atoms with Crippen LogP contribution in [0.4, 0.5) is 0 Å². The summed E-state index contributed by atoms with van der Waals surface area (Å²) in [4.78, 5) is 4.46. The zero-order valence-electron chi connectivity index (χ0n) is 18.8. The standard InChI is InChI=1S/C25H45NOS2/c1-2-3-4-5-6-7-8-9-10-11-12-13-14-15-16-17-18-27-25-19-23(21-28)26-24(20-25)22-29/h19-20,28-29H,2-18,21-22H2,1H3. The second-order valence-electron chi connectivity index (χ2n) is 8.25. The summed E-state index contributed by atoms with van der Waals surface area (Å²) < 4.78 is 5.90. The highest BCUT2D eigenvalue weighted by Gasteiger charge is 2.02. The molecule has 0 amide bonds. The van der Waals surface area contributed by atoms with Crippen molar-refractivity contribution in [1.82, 2.24) is 4.98 Å². The van der Waals surface area contributed by atoms with Crippen molar-refractivity contribution in [2.75, 3.05) is 6.61 Å². The molecular weight excluding hydrogens is 394 g/mol. The van der Waals surface area contributed by atoms with E-state index in [9.17, 15) is 0 Å². The summed E-state index contributed by atoms with van der Waals surface area (Å²) in [6, 6.07) is 3.98. The fourth-order valence-corrected chi connectivity index (χ4v) is 4.03. The molecule has 168 valence electrons. The molecule has 1 aromatic heterocycles. The summed E-state index contributed by atoms with van der Waals surface area (Å²) in [6.07, 6.45) is 22.3. The molecule has 29 heavy (non-hydrogen) atoms. The third kappa shape index (κ3) is 15.2. The molecule has 0 fully saturated rings. The van der Waals surface area contributed by atoms with Crippen molar-refractivity contribution in [3.8, 4) is 5.75 Å². The van der Waals surface area contributed by atoms with Crippen LogP contribution < -0.4 is 4.74 Å². The first-order valence-electron chi connectivity index (χ1n) is 12.1. The van der Waals surface area contributed by atoms with Crippen molar-refractivity contribution in [2.24, 2.45) is 0 Å². The van der Waals surface area contributed by atoms with Crippen molar-refractivity contribution in [1.29, 1.82) is 0 Å². The minimum absolute atomic E-state index is 0.636. The van der Waals surface area contributed by atoms with Crippen LogP contribution in [0.1, 0.15) is 121 Å². The molecule has 0 N–H and O–H groups in total. The fourth-order valence-electron chi connectivity index (χ4n) is 3.70. The maximum absolute atomic E-state index is 5.90. The number of rotatable bonds is 20. The van der Waals surface area contributed by atoms with Gasteiger partial charge in [0.25, 0.3) is 0 Å². The highest BCUT2D eigenvalue weighted by Crippen LogP contribution is 2.18. The largest absolute Gasteiger partial charge is 0.493 e. The smallest absolute Gasteiger partial charge is 0.122 e. The summed E-state index contributed by atoms with van der Waals surface area (Å²) >= 11 is 8.62. The van der Waals surface area contributed by atoms with Gasteiger partial charge in [-0.3, -0.25) is 4.98 Å². The lowest BCUT2D eigenvalue weighted by Crippen LogP contribution is -2.00. The van der Waals surface area contributed by atoms with Gasteiger partial charge in [0.05, 0.1) is 18.0 Å². The van der Waals surface area contributed by atoms with E-state index < -0.39 is 0 Å². The van der Waals surface area contributed by atoms with Crippen molar-refractivity contribution < 1.29 is 4.74 Å². The van der Waals surface area contributed by atoms with E-state index in [4.69, 9.17) is 4.74 Å². The lowest BCUT2D eigenvalue weighted by molar-refractivity contribution is 0.303. The van der Waals surface area contributed by atoms with Crippen LogP contribution in [0.2, 0.25) is 0 Å². The molecule has 0 spiro atoms. The molecule has 0 atom stereocenters. The molecule has 1 heterocycles.